The number of anilines is 1. The fraction of sp³-hybridized carbons (Fsp3) is 0.100. The molecule has 0 saturated carbocycles. The van der Waals surface area contributed by atoms with Gasteiger partial charge in [-0.1, -0.05) is 35.3 Å². The zero-order valence-corrected chi connectivity index (χ0v) is 17.2. The Kier molecular flexibility index (Phi) is 5.32. The number of nitrogens with zero attached hydrogens (tertiary/aromatic N) is 4. The molecular weight excluding hydrogens is 454 g/mol. The van der Waals surface area contributed by atoms with Gasteiger partial charge in [-0.3, -0.25) is 4.79 Å². The van der Waals surface area contributed by atoms with Gasteiger partial charge in [0.25, 0.3) is 5.91 Å². The first-order valence-corrected chi connectivity index (χ1v) is 9.55. The third-order valence-corrected chi connectivity index (χ3v) is 5.15. The van der Waals surface area contributed by atoms with E-state index in [9.17, 15) is 18.0 Å². The minimum Gasteiger partial charge on any atom is -0.305 e. The van der Waals surface area contributed by atoms with Crippen LogP contribution in [-0.4, -0.2) is 25.5 Å². The second-order valence-electron chi connectivity index (χ2n) is 6.58. The third-order valence-electron chi connectivity index (χ3n) is 4.41. The predicted molar refractivity (Wildman–Crippen MR) is 110 cm³/mol. The van der Waals surface area contributed by atoms with Crippen molar-refractivity contribution in [2.24, 2.45) is 0 Å². The van der Waals surface area contributed by atoms with Gasteiger partial charge in [-0.2, -0.15) is 18.3 Å². The molecule has 0 spiro atoms. The normalized spacial score (nSPS) is 11.7. The van der Waals surface area contributed by atoms with Gasteiger partial charge in [0.2, 0.25) is 0 Å². The highest BCUT2D eigenvalue weighted by Crippen LogP contribution is 2.34. The number of carbonyl (C=O) groups excluding carboxylic acids is 1. The Hall–Kier alpha value is -3.17. The molecule has 1 amide bonds. The number of hydrogen-bond acceptors (Lipinski definition) is 4. The van der Waals surface area contributed by atoms with Gasteiger partial charge in [0, 0.05) is 17.8 Å². The van der Waals surface area contributed by atoms with Crippen molar-refractivity contribution >= 4 is 40.6 Å². The molecule has 0 aliphatic carbocycles. The Morgan fingerprint density at radius 3 is 2.55 bits per heavy atom. The monoisotopic (exact) mass is 465 g/mol. The number of alkyl halides is 3. The van der Waals surface area contributed by atoms with Crippen LogP contribution in [0, 0.1) is 6.92 Å². The number of aromatic nitrogens is 4. The van der Waals surface area contributed by atoms with E-state index in [1.807, 2.05) is 0 Å². The minimum atomic E-state index is -4.75. The second kappa shape index (κ2) is 7.82. The second-order valence-corrected chi connectivity index (χ2v) is 7.39. The number of aryl methyl sites for hydroxylation is 1. The smallest absolute Gasteiger partial charge is 0.305 e. The molecule has 3 heterocycles. The lowest BCUT2D eigenvalue weighted by molar-refractivity contribution is -0.142. The number of halogens is 5. The zero-order chi connectivity index (χ0) is 22.3. The van der Waals surface area contributed by atoms with E-state index in [1.54, 1.807) is 19.1 Å². The number of benzene rings is 1. The summed E-state index contributed by atoms with van der Waals surface area (Å²) in [5.41, 5.74) is -0.458. The minimum absolute atomic E-state index is 0.00539. The SMILES string of the molecule is Cc1cccnc1NC(=O)c1cc2nc(-c3ccc(Cl)c(Cl)c3)cc(C(F)(F)F)n2n1. The quantitative estimate of drug-likeness (QED) is 0.422. The summed E-state index contributed by atoms with van der Waals surface area (Å²) in [4.78, 5) is 20.8. The summed E-state index contributed by atoms with van der Waals surface area (Å²) >= 11 is 11.9. The summed E-state index contributed by atoms with van der Waals surface area (Å²) < 4.78 is 41.7. The van der Waals surface area contributed by atoms with Crippen molar-refractivity contribution in [3.05, 3.63) is 75.7 Å². The van der Waals surface area contributed by atoms with Crippen molar-refractivity contribution < 1.29 is 18.0 Å². The van der Waals surface area contributed by atoms with Crippen LogP contribution >= 0.6 is 23.2 Å². The van der Waals surface area contributed by atoms with Crippen molar-refractivity contribution in [2.45, 2.75) is 13.1 Å². The summed E-state index contributed by atoms with van der Waals surface area (Å²) in [6.45, 7) is 1.74. The van der Waals surface area contributed by atoms with Gasteiger partial charge in [0.15, 0.2) is 17.0 Å². The Morgan fingerprint density at radius 1 is 1.10 bits per heavy atom. The van der Waals surface area contributed by atoms with Crippen LogP contribution in [0.2, 0.25) is 10.0 Å². The van der Waals surface area contributed by atoms with Gasteiger partial charge in [-0.15, -0.1) is 0 Å². The van der Waals surface area contributed by atoms with Crippen LogP contribution in [0.3, 0.4) is 0 Å². The fourth-order valence-corrected chi connectivity index (χ4v) is 3.18. The average Bonchev–Trinajstić information content (AvgIpc) is 3.14. The molecule has 158 valence electrons. The van der Waals surface area contributed by atoms with Gasteiger partial charge in [0.05, 0.1) is 15.7 Å². The average molecular weight is 466 g/mol. The van der Waals surface area contributed by atoms with Crippen molar-refractivity contribution in [1.82, 2.24) is 19.6 Å². The molecular formula is C20H12Cl2F3N5O. The number of nitrogens with one attached hydrogen (secondary N) is 1. The molecule has 4 rings (SSSR count). The van der Waals surface area contributed by atoms with E-state index in [4.69, 9.17) is 23.2 Å². The number of amides is 1. The number of pyridine rings is 1. The van der Waals surface area contributed by atoms with Crippen molar-refractivity contribution in [3.8, 4) is 11.3 Å². The van der Waals surface area contributed by atoms with Gasteiger partial charge in [0.1, 0.15) is 5.82 Å². The number of hydrogen-bond donors (Lipinski definition) is 1. The largest absolute Gasteiger partial charge is 0.433 e. The van der Waals surface area contributed by atoms with E-state index in [1.165, 1.54) is 30.5 Å². The van der Waals surface area contributed by atoms with Gasteiger partial charge in [-0.25, -0.2) is 14.5 Å². The van der Waals surface area contributed by atoms with Crippen LogP contribution < -0.4 is 5.32 Å². The van der Waals surface area contributed by atoms with Crippen LogP contribution in [0.5, 0.6) is 0 Å². The lowest BCUT2D eigenvalue weighted by Gasteiger charge is -2.11. The Morgan fingerprint density at radius 2 is 1.87 bits per heavy atom. The van der Waals surface area contributed by atoms with E-state index >= 15 is 0 Å². The maximum Gasteiger partial charge on any atom is 0.433 e. The number of rotatable bonds is 3. The van der Waals surface area contributed by atoms with E-state index in [-0.39, 0.29) is 32.9 Å². The molecule has 0 aliphatic rings. The lowest BCUT2D eigenvalue weighted by Crippen LogP contribution is -2.16. The first-order chi connectivity index (χ1) is 14.6. The molecule has 6 nitrogen and oxygen atoms in total. The molecule has 1 aromatic carbocycles. The molecule has 11 heteroatoms. The van der Waals surface area contributed by atoms with E-state index in [2.05, 4.69) is 20.4 Å². The third kappa shape index (κ3) is 4.19. The summed E-state index contributed by atoms with van der Waals surface area (Å²) in [6, 6.07) is 9.81. The first kappa shape index (κ1) is 21.1. The topological polar surface area (TPSA) is 72.2 Å². The van der Waals surface area contributed by atoms with Crippen molar-refractivity contribution in [3.63, 3.8) is 0 Å². The molecule has 31 heavy (non-hydrogen) atoms. The molecule has 1 N–H and O–H groups in total. The number of carbonyl (C=O) groups is 1. The molecule has 0 fully saturated rings. The van der Waals surface area contributed by atoms with Gasteiger partial charge >= 0.3 is 6.18 Å². The van der Waals surface area contributed by atoms with Crippen LogP contribution in [0.15, 0.2) is 48.7 Å². The molecule has 0 saturated heterocycles. The molecule has 4 aromatic rings. The molecule has 0 radical (unpaired) electrons. The summed E-state index contributed by atoms with van der Waals surface area (Å²) in [5.74, 6) is -0.429. The van der Waals surface area contributed by atoms with Crippen molar-refractivity contribution in [1.29, 1.82) is 0 Å². The summed E-state index contributed by atoms with van der Waals surface area (Å²) in [7, 11) is 0. The highest BCUT2D eigenvalue weighted by molar-refractivity contribution is 6.42. The van der Waals surface area contributed by atoms with Crippen molar-refractivity contribution in [2.75, 3.05) is 5.32 Å². The van der Waals surface area contributed by atoms with Crippen LogP contribution in [0.4, 0.5) is 19.0 Å². The van der Waals surface area contributed by atoms with E-state index < -0.39 is 17.8 Å². The van der Waals surface area contributed by atoms with Crippen LogP contribution in [0.25, 0.3) is 16.9 Å². The molecule has 0 unspecified atom stereocenters. The lowest BCUT2D eigenvalue weighted by atomic mass is 10.1. The maximum atomic E-state index is 13.7. The Balaban J connectivity index is 1.81. The molecule has 0 bridgehead atoms. The fourth-order valence-electron chi connectivity index (χ4n) is 2.88. The van der Waals surface area contributed by atoms with Crippen LogP contribution in [0.1, 0.15) is 21.7 Å². The molecule has 0 aliphatic heterocycles. The molecule has 3 aromatic heterocycles. The first-order valence-electron chi connectivity index (χ1n) is 8.80. The van der Waals surface area contributed by atoms with E-state index in [0.717, 1.165) is 6.07 Å². The Labute approximate surface area is 183 Å². The Bertz CT molecular complexity index is 1320. The maximum absolute atomic E-state index is 13.7. The predicted octanol–water partition coefficient (Wildman–Crippen LogP) is 5.68. The highest BCUT2D eigenvalue weighted by atomic mass is 35.5. The zero-order valence-electron chi connectivity index (χ0n) is 15.7. The van der Waals surface area contributed by atoms with Crippen LogP contribution in [-0.2, 0) is 6.18 Å². The standard InChI is InChI=1S/C20H12Cl2F3N5O/c1-10-3-2-6-26-18(10)28-19(31)15-9-17-27-14(11-4-5-12(21)13(22)7-11)8-16(20(23,24)25)30(17)29-15/h2-9H,1H3,(H,26,28,31). The van der Waals surface area contributed by atoms with Gasteiger partial charge in [-0.05, 0) is 36.8 Å². The summed E-state index contributed by atoms with van der Waals surface area (Å²) in [5, 5.41) is 6.79. The molecule has 0 atom stereocenters. The van der Waals surface area contributed by atoms with Gasteiger partial charge < -0.3 is 5.32 Å². The number of fused-ring (bicyclic) bond motifs is 1. The highest BCUT2D eigenvalue weighted by Gasteiger charge is 2.35. The summed E-state index contributed by atoms with van der Waals surface area (Å²) in [6.07, 6.45) is -3.26. The van der Waals surface area contributed by atoms with E-state index in [0.29, 0.717) is 15.6 Å².